The van der Waals surface area contributed by atoms with Crippen molar-refractivity contribution in [1.82, 2.24) is 19.4 Å². The number of nitrogens with one attached hydrogen (secondary N) is 2. The molecule has 4 rings (SSSR count). The van der Waals surface area contributed by atoms with Gasteiger partial charge in [0.1, 0.15) is 12.3 Å². The monoisotopic (exact) mass is 528 g/mol. The number of aryl methyl sites for hydroxylation is 1. The standard InChI is InChI=1S/C27H32N10O2/c1-35(2)12-13-36(3)24-15-25(39-5)22(14-21(24)31-26(38)16-30-34-28)33-27-29-11-10-20(32-27)19-17-37(4)23-9-7-6-8-18(19)23/h6-11,14-15,17H,12-13,16H2,1-5H3,(H,31,38)(H,29,32,33). The van der Waals surface area contributed by atoms with Crippen LogP contribution in [0.2, 0.25) is 0 Å². The Hall–Kier alpha value is -4.80. The van der Waals surface area contributed by atoms with E-state index < -0.39 is 5.91 Å². The first-order chi connectivity index (χ1) is 18.8. The number of benzene rings is 2. The molecule has 0 saturated carbocycles. The summed E-state index contributed by atoms with van der Waals surface area (Å²) in [7, 11) is 9.52. The van der Waals surface area contributed by atoms with Gasteiger partial charge in [0.15, 0.2) is 0 Å². The van der Waals surface area contributed by atoms with Crippen LogP contribution in [0.4, 0.5) is 23.0 Å². The molecule has 2 aromatic heterocycles. The van der Waals surface area contributed by atoms with E-state index in [1.54, 1.807) is 19.4 Å². The highest BCUT2D eigenvalue weighted by Gasteiger charge is 2.17. The first-order valence-corrected chi connectivity index (χ1v) is 12.3. The normalized spacial score (nSPS) is 10.8. The number of hydrogen-bond donors (Lipinski definition) is 2. The zero-order valence-electron chi connectivity index (χ0n) is 22.7. The van der Waals surface area contributed by atoms with Gasteiger partial charge in [0.2, 0.25) is 11.9 Å². The number of rotatable bonds is 11. The number of anilines is 4. The van der Waals surface area contributed by atoms with E-state index in [0.717, 1.165) is 34.4 Å². The third-order valence-electron chi connectivity index (χ3n) is 6.24. The molecular weight excluding hydrogens is 496 g/mol. The number of likely N-dealkylation sites (N-methyl/N-ethyl adjacent to an activating group) is 2. The lowest BCUT2D eigenvalue weighted by Crippen LogP contribution is -2.29. The third-order valence-corrected chi connectivity index (χ3v) is 6.24. The molecule has 0 aliphatic carbocycles. The van der Waals surface area contributed by atoms with Crippen LogP contribution in [0.25, 0.3) is 32.6 Å². The number of carbonyl (C=O) groups excluding carboxylic acids is 1. The second-order valence-electron chi connectivity index (χ2n) is 9.29. The number of amides is 1. The van der Waals surface area contributed by atoms with Crippen LogP contribution in [-0.2, 0) is 11.8 Å². The maximum atomic E-state index is 12.5. The van der Waals surface area contributed by atoms with Crippen LogP contribution in [0.15, 0.2) is 60.0 Å². The van der Waals surface area contributed by atoms with Gasteiger partial charge in [0.25, 0.3) is 0 Å². The molecule has 0 fully saturated rings. The zero-order valence-corrected chi connectivity index (χ0v) is 22.7. The minimum Gasteiger partial charge on any atom is -0.494 e. The maximum absolute atomic E-state index is 12.5. The van der Waals surface area contributed by atoms with Crippen LogP contribution in [-0.4, -0.2) is 73.2 Å². The van der Waals surface area contributed by atoms with Crippen LogP contribution in [0.5, 0.6) is 5.75 Å². The lowest BCUT2D eigenvalue weighted by Gasteiger charge is -2.26. The van der Waals surface area contributed by atoms with Crippen molar-refractivity contribution >= 4 is 39.8 Å². The summed E-state index contributed by atoms with van der Waals surface area (Å²) >= 11 is 0. The highest BCUT2D eigenvalue weighted by molar-refractivity contribution is 5.98. The van der Waals surface area contributed by atoms with Crippen molar-refractivity contribution in [3.8, 4) is 17.0 Å². The van der Waals surface area contributed by atoms with Gasteiger partial charge in [-0.25, -0.2) is 9.97 Å². The van der Waals surface area contributed by atoms with Gasteiger partial charge in [-0.1, -0.05) is 23.3 Å². The molecule has 2 N–H and O–H groups in total. The van der Waals surface area contributed by atoms with Gasteiger partial charge in [0.05, 0.1) is 29.9 Å². The van der Waals surface area contributed by atoms with E-state index in [0.29, 0.717) is 29.6 Å². The average molecular weight is 529 g/mol. The first kappa shape index (κ1) is 27.2. The fourth-order valence-corrected chi connectivity index (χ4v) is 4.24. The van der Waals surface area contributed by atoms with E-state index in [2.05, 4.69) is 47.2 Å². The molecule has 2 heterocycles. The molecule has 0 radical (unpaired) electrons. The van der Waals surface area contributed by atoms with Crippen LogP contribution < -0.4 is 20.3 Å². The summed E-state index contributed by atoms with van der Waals surface area (Å²) in [5, 5.41) is 10.6. The Kier molecular flexibility index (Phi) is 8.50. The van der Waals surface area contributed by atoms with E-state index >= 15 is 0 Å². The number of fused-ring (bicyclic) bond motifs is 1. The van der Waals surface area contributed by atoms with Gasteiger partial charge in [-0.3, -0.25) is 4.79 Å². The minimum absolute atomic E-state index is 0.317. The fourth-order valence-electron chi connectivity index (χ4n) is 4.24. The lowest BCUT2D eigenvalue weighted by atomic mass is 10.1. The molecule has 2 aromatic carbocycles. The van der Waals surface area contributed by atoms with Crippen molar-refractivity contribution in [3.05, 3.63) is 65.3 Å². The molecule has 39 heavy (non-hydrogen) atoms. The molecule has 0 atom stereocenters. The van der Waals surface area contributed by atoms with Crippen molar-refractivity contribution in [2.75, 3.05) is 63.4 Å². The SMILES string of the molecule is COc1cc(N(C)CCN(C)C)c(NC(=O)CN=[N+]=[N-])cc1Nc1nccc(-c2cn(C)c3ccccc23)n1. The molecule has 4 aromatic rings. The largest absolute Gasteiger partial charge is 0.494 e. The second-order valence-corrected chi connectivity index (χ2v) is 9.29. The number of nitrogens with zero attached hydrogens (tertiary/aromatic N) is 8. The van der Waals surface area contributed by atoms with Crippen molar-refractivity contribution in [1.29, 1.82) is 0 Å². The molecule has 12 nitrogen and oxygen atoms in total. The second kappa shape index (κ2) is 12.2. The molecule has 0 bridgehead atoms. The Morgan fingerprint density at radius 3 is 2.69 bits per heavy atom. The molecule has 12 heteroatoms. The van der Waals surface area contributed by atoms with Crippen molar-refractivity contribution in [3.63, 3.8) is 0 Å². The van der Waals surface area contributed by atoms with E-state index in [1.165, 1.54) is 0 Å². The summed E-state index contributed by atoms with van der Waals surface area (Å²) in [4.78, 5) is 28.4. The Balaban J connectivity index is 1.70. The first-order valence-electron chi connectivity index (χ1n) is 12.3. The molecule has 1 amide bonds. The molecule has 0 spiro atoms. The van der Waals surface area contributed by atoms with Gasteiger partial charge in [-0.2, -0.15) is 0 Å². The van der Waals surface area contributed by atoms with Crippen molar-refractivity contribution < 1.29 is 9.53 Å². The van der Waals surface area contributed by atoms with E-state index in [9.17, 15) is 4.79 Å². The molecule has 0 aliphatic rings. The number of methoxy groups -OCH3 is 1. The van der Waals surface area contributed by atoms with Crippen molar-refractivity contribution in [2.45, 2.75) is 0 Å². The highest BCUT2D eigenvalue weighted by Crippen LogP contribution is 2.38. The van der Waals surface area contributed by atoms with Crippen LogP contribution in [0.1, 0.15) is 0 Å². The highest BCUT2D eigenvalue weighted by atomic mass is 16.5. The zero-order chi connectivity index (χ0) is 27.9. The Morgan fingerprint density at radius 1 is 1.15 bits per heavy atom. The molecule has 0 unspecified atom stereocenters. The Morgan fingerprint density at radius 2 is 1.95 bits per heavy atom. The van der Waals surface area contributed by atoms with Gasteiger partial charge in [-0.15, -0.1) is 0 Å². The number of carbonyl (C=O) groups is 1. The van der Waals surface area contributed by atoms with Crippen molar-refractivity contribution in [2.24, 2.45) is 12.2 Å². The third kappa shape index (κ3) is 6.38. The molecule has 202 valence electrons. The number of para-hydroxylation sites is 1. The smallest absolute Gasteiger partial charge is 0.230 e. The predicted molar refractivity (Wildman–Crippen MR) is 155 cm³/mol. The number of azide groups is 1. The number of hydrogen-bond acceptors (Lipinski definition) is 8. The summed E-state index contributed by atoms with van der Waals surface area (Å²) in [6.07, 6.45) is 3.75. The maximum Gasteiger partial charge on any atom is 0.230 e. The van der Waals surface area contributed by atoms with E-state index in [4.69, 9.17) is 15.3 Å². The number of ether oxygens (including phenoxy) is 1. The van der Waals surface area contributed by atoms with Crippen LogP contribution >= 0.6 is 0 Å². The average Bonchev–Trinajstić information content (AvgIpc) is 3.27. The van der Waals surface area contributed by atoms with E-state index in [1.807, 2.05) is 63.6 Å². The molecular formula is C27H32N10O2. The van der Waals surface area contributed by atoms with Crippen LogP contribution in [0.3, 0.4) is 0 Å². The topological polar surface area (TPSA) is 136 Å². The minimum atomic E-state index is -0.430. The summed E-state index contributed by atoms with van der Waals surface area (Å²) in [6.45, 7) is 1.19. The van der Waals surface area contributed by atoms with Gasteiger partial charge >= 0.3 is 0 Å². The summed E-state index contributed by atoms with van der Waals surface area (Å²) in [6, 6.07) is 13.6. The lowest BCUT2D eigenvalue weighted by molar-refractivity contribution is -0.114. The number of aromatic nitrogens is 3. The molecule has 0 saturated heterocycles. The molecule has 0 aliphatic heterocycles. The van der Waals surface area contributed by atoms with Crippen LogP contribution in [0, 0.1) is 0 Å². The Labute approximate surface area is 226 Å². The summed E-state index contributed by atoms with van der Waals surface area (Å²) < 4.78 is 7.77. The summed E-state index contributed by atoms with van der Waals surface area (Å²) in [5.41, 5.74) is 13.3. The van der Waals surface area contributed by atoms with Gasteiger partial charge in [0, 0.05) is 67.0 Å². The van der Waals surface area contributed by atoms with Gasteiger partial charge in [-0.05, 0) is 37.8 Å². The van der Waals surface area contributed by atoms with Gasteiger partial charge < -0.3 is 29.7 Å². The van der Waals surface area contributed by atoms with E-state index in [-0.39, 0.29) is 6.54 Å². The summed E-state index contributed by atoms with van der Waals surface area (Å²) in [5.74, 6) is 0.494. The fraction of sp³-hybridized carbons (Fsp3) is 0.296. The quantitative estimate of drug-likeness (QED) is 0.164. The predicted octanol–water partition coefficient (Wildman–Crippen LogP) is 4.63. The Bertz CT molecular complexity index is 1520.